The first-order chi connectivity index (χ1) is 9.12. The molecule has 5 nitrogen and oxygen atoms in total. The summed E-state index contributed by atoms with van der Waals surface area (Å²) in [4.78, 5) is 22.4. The van der Waals surface area contributed by atoms with Gasteiger partial charge in [-0.25, -0.2) is 4.79 Å². The van der Waals surface area contributed by atoms with Crippen molar-refractivity contribution in [2.24, 2.45) is 11.3 Å². The van der Waals surface area contributed by atoms with Crippen molar-refractivity contribution in [2.45, 2.75) is 25.5 Å². The summed E-state index contributed by atoms with van der Waals surface area (Å²) >= 11 is 0. The molecular weight excluding hydrogens is 246 g/mol. The molecule has 1 aromatic rings. The largest absolute Gasteiger partial charge is 0.481 e. The van der Waals surface area contributed by atoms with Crippen LogP contribution < -0.4 is 5.32 Å². The molecule has 0 heterocycles. The van der Waals surface area contributed by atoms with Crippen LogP contribution in [0.1, 0.15) is 18.4 Å². The number of rotatable bonds is 4. The number of ether oxygens (including phenoxy) is 1. The van der Waals surface area contributed by atoms with Gasteiger partial charge in [-0.2, -0.15) is 0 Å². The Bertz CT molecular complexity index is 515. The molecule has 100 valence electrons. The first kappa shape index (κ1) is 12.0. The summed E-state index contributed by atoms with van der Waals surface area (Å²) in [6.45, 7) is 0.231. The quantitative estimate of drug-likeness (QED) is 0.866. The molecule has 0 aromatic heterocycles. The van der Waals surface area contributed by atoms with Crippen molar-refractivity contribution in [3.8, 4) is 0 Å². The Balaban J connectivity index is 1.43. The predicted octanol–water partition coefficient (Wildman–Crippen LogP) is 1.78. The first-order valence-corrected chi connectivity index (χ1v) is 6.32. The third-order valence-corrected chi connectivity index (χ3v) is 4.04. The van der Waals surface area contributed by atoms with Crippen molar-refractivity contribution in [3.05, 3.63) is 35.9 Å². The van der Waals surface area contributed by atoms with Gasteiger partial charge in [0.25, 0.3) is 0 Å². The number of carboxylic acid groups (broad SMARTS) is 1. The van der Waals surface area contributed by atoms with Crippen LogP contribution in [-0.4, -0.2) is 23.2 Å². The highest BCUT2D eigenvalue weighted by Gasteiger charge is 2.74. The van der Waals surface area contributed by atoms with Crippen LogP contribution in [-0.2, 0) is 16.1 Å². The van der Waals surface area contributed by atoms with E-state index in [2.05, 4.69) is 5.32 Å². The number of amides is 1. The molecule has 0 bridgehead atoms. The fraction of sp³-hybridized carbons (Fsp3) is 0.429. The molecule has 2 saturated carbocycles. The summed E-state index contributed by atoms with van der Waals surface area (Å²) in [6, 6.07) is 9.40. The van der Waals surface area contributed by atoms with Gasteiger partial charge in [-0.1, -0.05) is 30.3 Å². The molecule has 2 fully saturated rings. The maximum Gasteiger partial charge on any atom is 0.407 e. The number of carboxylic acids is 1. The second-order valence-corrected chi connectivity index (χ2v) is 5.29. The van der Waals surface area contributed by atoms with Gasteiger partial charge in [-0.15, -0.1) is 0 Å². The zero-order valence-electron chi connectivity index (χ0n) is 10.3. The molecule has 2 aliphatic carbocycles. The average molecular weight is 261 g/mol. The summed E-state index contributed by atoms with van der Waals surface area (Å²) in [6.07, 6.45) is 0.956. The Morgan fingerprint density at radius 2 is 2.05 bits per heavy atom. The van der Waals surface area contributed by atoms with E-state index in [0.717, 1.165) is 12.0 Å². The Kier molecular flexibility index (Phi) is 2.69. The molecule has 3 unspecified atom stereocenters. The van der Waals surface area contributed by atoms with Crippen LogP contribution in [0.4, 0.5) is 4.79 Å². The lowest BCUT2D eigenvalue weighted by molar-refractivity contribution is -0.139. The molecule has 1 spiro atoms. The van der Waals surface area contributed by atoms with Crippen molar-refractivity contribution < 1.29 is 19.4 Å². The number of carbonyl (C=O) groups excluding carboxylic acids is 1. The van der Waals surface area contributed by atoms with E-state index in [1.807, 2.05) is 30.3 Å². The van der Waals surface area contributed by atoms with Crippen LogP contribution in [0, 0.1) is 11.3 Å². The lowest BCUT2D eigenvalue weighted by Crippen LogP contribution is -2.28. The minimum absolute atomic E-state index is 0.0307. The molecule has 2 aliphatic rings. The number of nitrogens with one attached hydrogen (secondary N) is 1. The molecule has 0 saturated heterocycles. The highest BCUT2D eigenvalue weighted by atomic mass is 16.5. The number of carbonyl (C=O) groups is 2. The summed E-state index contributed by atoms with van der Waals surface area (Å²) in [5.74, 6) is -1.05. The van der Waals surface area contributed by atoms with Gasteiger partial charge in [0, 0.05) is 11.5 Å². The van der Waals surface area contributed by atoms with E-state index in [4.69, 9.17) is 9.84 Å². The maximum absolute atomic E-state index is 11.6. The second-order valence-electron chi connectivity index (χ2n) is 5.29. The molecule has 1 aromatic carbocycles. The summed E-state index contributed by atoms with van der Waals surface area (Å²) in [7, 11) is 0. The van der Waals surface area contributed by atoms with Crippen LogP contribution in [0.15, 0.2) is 30.3 Å². The Morgan fingerprint density at radius 3 is 2.68 bits per heavy atom. The topological polar surface area (TPSA) is 75.6 Å². The Morgan fingerprint density at radius 1 is 1.32 bits per heavy atom. The van der Waals surface area contributed by atoms with Crippen molar-refractivity contribution in [1.29, 1.82) is 0 Å². The van der Waals surface area contributed by atoms with Crippen molar-refractivity contribution >= 4 is 12.1 Å². The molecule has 3 rings (SSSR count). The SMILES string of the molecule is O=C(NC1CC12CC2C(=O)O)OCc1ccccc1. The van der Waals surface area contributed by atoms with Gasteiger partial charge in [0.2, 0.25) is 0 Å². The second kappa shape index (κ2) is 4.26. The lowest BCUT2D eigenvalue weighted by Gasteiger charge is -2.06. The third kappa shape index (κ3) is 2.28. The van der Waals surface area contributed by atoms with Gasteiger partial charge in [-0.05, 0) is 18.4 Å². The molecule has 1 amide bonds. The van der Waals surface area contributed by atoms with E-state index < -0.39 is 12.1 Å². The third-order valence-electron chi connectivity index (χ3n) is 4.04. The van der Waals surface area contributed by atoms with E-state index in [9.17, 15) is 9.59 Å². The van der Waals surface area contributed by atoms with Gasteiger partial charge in [0.1, 0.15) is 6.61 Å². The van der Waals surface area contributed by atoms with Gasteiger partial charge in [0.15, 0.2) is 0 Å². The summed E-state index contributed by atoms with van der Waals surface area (Å²) < 4.78 is 5.10. The highest BCUT2D eigenvalue weighted by molar-refractivity contribution is 5.77. The molecule has 3 atom stereocenters. The highest BCUT2D eigenvalue weighted by Crippen LogP contribution is 2.70. The van der Waals surface area contributed by atoms with E-state index >= 15 is 0 Å². The Labute approximate surface area is 110 Å². The van der Waals surface area contributed by atoms with Gasteiger partial charge in [-0.3, -0.25) is 4.79 Å². The van der Waals surface area contributed by atoms with Crippen molar-refractivity contribution in [3.63, 3.8) is 0 Å². The van der Waals surface area contributed by atoms with Crippen LogP contribution in [0.2, 0.25) is 0 Å². The minimum Gasteiger partial charge on any atom is -0.481 e. The zero-order chi connectivity index (χ0) is 13.5. The zero-order valence-corrected chi connectivity index (χ0v) is 10.3. The number of hydrogen-bond donors (Lipinski definition) is 2. The molecular formula is C14H15NO4. The van der Waals surface area contributed by atoms with Crippen LogP contribution in [0.25, 0.3) is 0 Å². The van der Waals surface area contributed by atoms with Crippen molar-refractivity contribution in [2.75, 3.05) is 0 Å². The van der Waals surface area contributed by atoms with E-state index in [1.54, 1.807) is 0 Å². The summed E-state index contributed by atoms with van der Waals surface area (Å²) in [5, 5.41) is 11.6. The first-order valence-electron chi connectivity index (χ1n) is 6.32. The fourth-order valence-corrected chi connectivity index (χ4v) is 2.69. The molecule has 5 heteroatoms. The summed E-state index contributed by atoms with van der Waals surface area (Å²) in [5.41, 5.74) is 0.760. The van der Waals surface area contributed by atoms with Crippen LogP contribution in [0.5, 0.6) is 0 Å². The normalized spacial score (nSPS) is 30.7. The minimum atomic E-state index is -0.762. The number of aliphatic carboxylic acids is 1. The van der Waals surface area contributed by atoms with Crippen LogP contribution >= 0.6 is 0 Å². The monoisotopic (exact) mass is 261 g/mol. The lowest BCUT2D eigenvalue weighted by atomic mass is 10.2. The number of alkyl carbamates (subject to hydrolysis) is 1. The average Bonchev–Trinajstić information content (AvgIpc) is 3.28. The van der Waals surface area contributed by atoms with E-state index in [1.165, 1.54) is 0 Å². The van der Waals surface area contributed by atoms with Gasteiger partial charge >= 0.3 is 12.1 Å². The number of hydrogen-bond acceptors (Lipinski definition) is 3. The predicted molar refractivity (Wildman–Crippen MR) is 66.3 cm³/mol. The molecule has 19 heavy (non-hydrogen) atoms. The molecule has 2 N–H and O–H groups in total. The van der Waals surface area contributed by atoms with Crippen molar-refractivity contribution in [1.82, 2.24) is 5.32 Å². The van der Waals surface area contributed by atoms with E-state index in [-0.39, 0.29) is 24.0 Å². The van der Waals surface area contributed by atoms with E-state index in [0.29, 0.717) is 6.42 Å². The Hall–Kier alpha value is -2.04. The molecule has 0 radical (unpaired) electrons. The maximum atomic E-state index is 11.6. The fourth-order valence-electron chi connectivity index (χ4n) is 2.69. The standard InChI is InChI=1S/C14H15NO4/c16-12(17)10-6-14(10)7-11(14)15-13(18)19-8-9-4-2-1-3-5-9/h1-5,10-11H,6-8H2,(H,15,18)(H,16,17). The van der Waals surface area contributed by atoms with Gasteiger partial charge < -0.3 is 15.2 Å². The smallest absolute Gasteiger partial charge is 0.407 e. The molecule has 0 aliphatic heterocycles. The van der Waals surface area contributed by atoms with Crippen LogP contribution in [0.3, 0.4) is 0 Å². The number of benzene rings is 1. The van der Waals surface area contributed by atoms with Gasteiger partial charge in [0.05, 0.1) is 5.92 Å².